The Hall–Kier alpha value is -1.78. The van der Waals surface area contributed by atoms with Gasteiger partial charge in [0.05, 0.1) is 5.56 Å². The van der Waals surface area contributed by atoms with Crippen LogP contribution in [0.5, 0.6) is 5.75 Å². The number of alkyl halides is 2. The summed E-state index contributed by atoms with van der Waals surface area (Å²) >= 11 is 0. The van der Waals surface area contributed by atoms with E-state index in [1.165, 1.54) is 6.92 Å². The number of carbonyl (C=O) groups is 2. The van der Waals surface area contributed by atoms with Crippen molar-refractivity contribution in [1.82, 2.24) is 0 Å². The van der Waals surface area contributed by atoms with E-state index in [-0.39, 0.29) is 17.4 Å². The highest BCUT2D eigenvalue weighted by molar-refractivity contribution is 5.96. The first kappa shape index (κ1) is 11.3. The maximum absolute atomic E-state index is 12.4. The summed E-state index contributed by atoms with van der Waals surface area (Å²) in [6.45, 7) is 1.21. The van der Waals surface area contributed by atoms with E-state index in [1.807, 2.05) is 0 Å². The van der Waals surface area contributed by atoms with Crippen molar-refractivity contribution in [3.63, 3.8) is 0 Å². The van der Waals surface area contributed by atoms with Gasteiger partial charge in [0.1, 0.15) is 5.75 Å². The summed E-state index contributed by atoms with van der Waals surface area (Å²) in [4.78, 5) is 21.4. The van der Waals surface area contributed by atoms with Crippen molar-refractivity contribution in [1.29, 1.82) is 0 Å². The van der Waals surface area contributed by atoms with Crippen LogP contribution in [-0.2, 0) is 0 Å². The molecule has 0 saturated carbocycles. The highest BCUT2D eigenvalue weighted by Crippen LogP contribution is 2.32. The molecule has 0 radical (unpaired) electrons. The summed E-state index contributed by atoms with van der Waals surface area (Å²) < 4.78 is 24.8. The predicted octanol–water partition coefficient (Wildman–Crippen LogP) is 2.34. The van der Waals surface area contributed by atoms with E-state index in [9.17, 15) is 23.5 Å². The number of rotatable bonds is 3. The Morgan fingerprint density at radius 1 is 1.47 bits per heavy atom. The number of halogens is 2. The fourth-order valence-electron chi connectivity index (χ4n) is 1.20. The van der Waals surface area contributed by atoms with Crippen LogP contribution < -0.4 is 0 Å². The molecule has 0 aliphatic carbocycles. The first-order valence-corrected chi connectivity index (χ1v) is 4.08. The van der Waals surface area contributed by atoms with E-state index in [0.717, 1.165) is 12.1 Å². The third-order valence-corrected chi connectivity index (χ3v) is 1.94. The van der Waals surface area contributed by atoms with Crippen LogP contribution in [0.2, 0.25) is 0 Å². The summed E-state index contributed by atoms with van der Waals surface area (Å²) in [5.41, 5.74) is -1.08. The maximum Gasteiger partial charge on any atom is 0.268 e. The molecule has 1 aromatic carbocycles. The van der Waals surface area contributed by atoms with Gasteiger partial charge in [-0.15, -0.1) is 0 Å². The van der Waals surface area contributed by atoms with Crippen LogP contribution >= 0.6 is 0 Å². The molecule has 0 heterocycles. The number of hydrogen-bond acceptors (Lipinski definition) is 3. The van der Waals surface area contributed by atoms with Crippen molar-refractivity contribution in [3.05, 3.63) is 28.8 Å². The molecule has 0 aromatic heterocycles. The van der Waals surface area contributed by atoms with Crippen LogP contribution in [0.4, 0.5) is 8.78 Å². The molecule has 0 fully saturated rings. The lowest BCUT2D eigenvalue weighted by molar-refractivity contribution is 0.101. The first-order chi connectivity index (χ1) is 6.97. The van der Waals surface area contributed by atoms with Crippen LogP contribution in [0.25, 0.3) is 0 Å². The smallest absolute Gasteiger partial charge is 0.268 e. The van der Waals surface area contributed by atoms with Crippen molar-refractivity contribution in [3.8, 4) is 5.75 Å². The van der Waals surface area contributed by atoms with Gasteiger partial charge >= 0.3 is 0 Å². The molecular weight excluding hydrogens is 206 g/mol. The second-order valence-corrected chi connectivity index (χ2v) is 2.97. The molecule has 0 bridgehead atoms. The molecular formula is C10H8F2O3. The Kier molecular flexibility index (Phi) is 3.14. The van der Waals surface area contributed by atoms with Crippen LogP contribution in [0.15, 0.2) is 12.1 Å². The molecule has 0 aliphatic heterocycles. The predicted molar refractivity (Wildman–Crippen MR) is 48.5 cm³/mol. The number of carbonyl (C=O) groups excluding carboxylic acids is 2. The SMILES string of the molecule is CC(=O)c1cc(O)c(C(F)F)c(C=O)c1. The summed E-state index contributed by atoms with van der Waals surface area (Å²) in [5, 5.41) is 9.23. The standard InChI is InChI=1S/C10H8F2O3/c1-5(14)6-2-7(4-13)9(10(11)12)8(15)3-6/h2-4,10,15H,1H3. The Labute approximate surface area is 84.3 Å². The lowest BCUT2D eigenvalue weighted by Gasteiger charge is -2.08. The zero-order valence-electron chi connectivity index (χ0n) is 7.83. The van der Waals surface area contributed by atoms with Gasteiger partial charge in [-0.25, -0.2) is 8.78 Å². The number of Topliss-reactive ketones (excluding diaryl/α,β-unsaturated/α-hetero) is 1. The van der Waals surface area contributed by atoms with Crippen LogP contribution in [-0.4, -0.2) is 17.2 Å². The molecule has 1 rings (SSSR count). The van der Waals surface area contributed by atoms with Gasteiger partial charge in [-0.1, -0.05) is 0 Å². The maximum atomic E-state index is 12.4. The minimum atomic E-state index is -2.95. The van der Waals surface area contributed by atoms with Gasteiger partial charge in [-0.3, -0.25) is 9.59 Å². The van der Waals surface area contributed by atoms with Gasteiger partial charge in [0.2, 0.25) is 0 Å². The topological polar surface area (TPSA) is 54.4 Å². The Morgan fingerprint density at radius 3 is 2.47 bits per heavy atom. The third kappa shape index (κ3) is 2.18. The van der Waals surface area contributed by atoms with Crippen molar-refractivity contribution < 1.29 is 23.5 Å². The number of hydrogen-bond donors (Lipinski definition) is 1. The van der Waals surface area contributed by atoms with Gasteiger partial charge in [0, 0.05) is 11.1 Å². The van der Waals surface area contributed by atoms with Gasteiger partial charge in [0.15, 0.2) is 12.1 Å². The Bertz CT molecular complexity index is 413. The van der Waals surface area contributed by atoms with Crippen molar-refractivity contribution in [2.45, 2.75) is 13.3 Å². The molecule has 0 amide bonds. The molecule has 3 nitrogen and oxygen atoms in total. The molecule has 15 heavy (non-hydrogen) atoms. The van der Waals surface area contributed by atoms with Crippen LogP contribution in [0.1, 0.15) is 39.6 Å². The van der Waals surface area contributed by atoms with Gasteiger partial charge in [0.25, 0.3) is 6.43 Å². The average molecular weight is 214 g/mol. The molecule has 1 aromatic rings. The molecule has 0 saturated heterocycles. The minimum Gasteiger partial charge on any atom is -0.507 e. The minimum absolute atomic E-state index is 0.0269. The molecule has 0 aliphatic rings. The fourth-order valence-corrected chi connectivity index (χ4v) is 1.20. The fraction of sp³-hybridized carbons (Fsp3) is 0.200. The molecule has 0 atom stereocenters. The Balaban J connectivity index is 3.43. The third-order valence-electron chi connectivity index (χ3n) is 1.94. The highest BCUT2D eigenvalue weighted by atomic mass is 19.3. The largest absolute Gasteiger partial charge is 0.507 e. The van der Waals surface area contributed by atoms with E-state index in [0.29, 0.717) is 0 Å². The van der Waals surface area contributed by atoms with Crippen molar-refractivity contribution in [2.75, 3.05) is 0 Å². The van der Waals surface area contributed by atoms with Crippen molar-refractivity contribution in [2.24, 2.45) is 0 Å². The summed E-state index contributed by atoms with van der Waals surface area (Å²) in [5.74, 6) is -1.14. The van der Waals surface area contributed by atoms with Gasteiger partial charge in [-0.05, 0) is 19.1 Å². The summed E-state index contributed by atoms with van der Waals surface area (Å²) in [6.07, 6.45) is -2.76. The molecule has 0 unspecified atom stereocenters. The second-order valence-electron chi connectivity index (χ2n) is 2.97. The molecule has 80 valence electrons. The van der Waals surface area contributed by atoms with Crippen LogP contribution in [0.3, 0.4) is 0 Å². The lowest BCUT2D eigenvalue weighted by Crippen LogP contribution is -1.99. The van der Waals surface area contributed by atoms with E-state index in [1.54, 1.807) is 0 Å². The van der Waals surface area contributed by atoms with E-state index in [2.05, 4.69) is 0 Å². The quantitative estimate of drug-likeness (QED) is 0.620. The zero-order chi connectivity index (χ0) is 11.6. The number of aromatic hydroxyl groups is 1. The first-order valence-electron chi connectivity index (χ1n) is 4.08. The molecule has 0 spiro atoms. The number of phenolic OH excluding ortho intramolecular Hbond substituents is 1. The number of phenols is 1. The summed E-state index contributed by atoms with van der Waals surface area (Å²) in [7, 11) is 0. The van der Waals surface area contributed by atoms with Crippen LogP contribution in [0, 0.1) is 0 Å². The number of aldehydes is 1. The Morgan fingerprint density at radius 2 is 2.07 bits per heavy atom. The van der Waals surface area contributed by atoms with E-state index >= 15 is 0 Å². The van der Waals surface area contributed by atoms with Gasteiger partial charge < -0.3 is 5.11 Å². The highest BCUT2D eigenvalue weighted by Gasteiger charge is 2.19. The number of benzene rings is 1. The molecule has 1 N–H and O–H groups in total. The van der Waals surface area contributed by atoms with E-state index in [4.69, 9.17) is 0 Å². The van der Waals surface area contributed by atoms with Gasteiger partial charge in [-0.2, -0.15) is 0 Å². The summed E-state index contributed by atoms with van der Waals surface area (Å²) in [6, 6.07) is 1.97. The second kappa shape index (κ2) is 4.16. The zero-order valence-corrected chi connectivity index (χ0v) is 7.83. The van der Waals surface area contributed by atoms with E-state index < -0.39 is 23.5 Å². The molecule has 5 heteroatoms. The monoisotopic (exact) mass is 214 g/mol. The average Bonchev–Trinajstić information content (AvgIpc) is 2.15. The normalized spacial score (nSPS) is 10.4. The lowest BCUT2D eigenvalue weighted by atomic mass is 10.0. The number of ketones is 1. The van der Waals surface area contributed by atoms with Crippen molar-refractivity contribution >= 4 is 12.1 Å².